The van der Waals surface area contributed by atoms with Gasteiger partial charge in [0.2, 0.25) is 0 Å². The van der Waals surface area contributed by atoms with Crippen molar-refractivity contribution in [3.8, 4) is 11.1 Å². The molecule has 0 spiro atoms. The number of benzene rings is 1. The summed E-state index contributed by atoms with van der Waals surface area (Å²) in [6.45, 7) is 0. The van der Waals surface area contributed by atoms with Crippen LogP contribution in [0.5, 0.6) is 0 Å². The molecule has 1 heterocycles. The van der Waals surface area contributed by atoms with E-state index in [1.165, 1.54) is 0 Å². The van der Waals surface area contributed by atoms with E-state index in [9.17, 15) is 22.4 Å². The van der Waals surface area contributed by atoms with Crippen molar-refractivity contribution < 1.29 is 27.5 Å². The van der Waals surface area contributed by atoms with Gasteiger partial charge in [-0.2, -0.15) is 13.2 Å². The molecule has 1 aromatic heterocycles. The molecule has 0 bridgehead atoms. The SMILES string of the molecule is O=C(O)c1cc(F)cc(-c2c(C(F)(F)F)ccnc2Cl)c1. The summed E-state index contributed by atoms with van der Waals surface area (Å²) in [4.78, 5) is 14.4. The van der Waals surface area contributed by atoms with Gasteiger partial charge >= 0.3 is 12.1 Å². The van der Waals surface area contributed by atoms with Gasteiger partial charge in [-0.25, -0.2) is 14.2 Å². The van der Waals surface area contributed by atoms with E-state index in [0.29, 0.717) is 12.1 Å². The third kappa shape index (κ3) is 3.13. The molecule has 0 aliphatic carbocycles. The molecular weight excluding hydrogens is 314 g/mol. The molecule has 0 unspecified atom stereocenters. The maximum Gasteiger partial charge on any atom is 0.417 e. The minimum atomic E-state index is -4.74. The maximum absolute atomic E-state index is 13.4. The van der Waals surface area contributed by atoms with Crippen LogP contribution in [0.25, 0.3) is 11.1 Å². The topological polar surface area (TPSA) is 50.2 Å². The number of hydrogen-bond donors (Lipinski definition) is 1. The molecular formula is C13H6ClF4NO2. The second kappa shape index (κ2) is 5.33. The van der Waals surface area contributed by atoms with Gasteiger partial charge in [-0.15, -0.1) is 0 Å². The molecule has 0 fully saturated rings. The predicted molar refractivity (Wildman–Crippen MR) is 66.6 cm³/mol. The molecule has 0 amide bonds. The van der Waals surface area contributed by atoms with Crippen molar-refractivity contribution in [1.29, 1.82) is 0 Å². The number of hydrogen-bond acceptors (Lipinski definition) is 2. The lowest BCUT2D eigenvalue weighted by Gasteiger charge is -2.14. The van der Waals surface area contributed by atoms with Crippen molar-refractivity contribution in [2.75, 3.05) is 0 Å². The van der Waals surface area contributed by atoms with Crippen molar-refractivity contribution in [3.05, 3.63) is 52.6 Å². The summed E-state index contributed by atoms with van der Waals surface area (Å²) in [7, 11) is 0. The normalized spacial score (nSPS) is 11.5. The Morgan fingerprint density at radius 2 is 1.90 bits per heavy atom. The summed E-state index contributed by atoms with van der Waals surface area (Å²) in [6.07, 6.45) is -3.87. The molecule has 0 aliphatic rings. The highest BCUT2D eigenvalue weighted by Gasteiger charge is 2.35. The highest BCUT2D eigenvalue weighted by molar-refractivity contribution is 6.32. The average molecular weight is 320 g/mol. The molecule has 0 atom stereocenters. The van der Waals surface area contributed by atoms with E-state index < -0.39 is 39.8 Å². The lowest BCUT2D eigenvalue weighted by molar-refractivity contribution is -0.137. The van der Waals surface area contributed by atoms with Crippen molar-refractivity contribution in [2.45, 2.75) is 6.18 Å². The summed E-state index contributed by atoms with van der Waals surface area (Å²) in [5.41, 5.74) is -2.48. The maximum atomic E-state index is 13.4. The van der Waals surface area contributed by atoms with Crippen LogP contribution in [-0.4, -0.2) is 16.1 Å². The molecule has 0 radical (unpaired) electrons. The van der Waals surface area contributed by atoms with Crippen LogP contribution in [0.1, 0.15) is 15.9 Å². The van der Waals surface area contributed by atoms with E-state index in [4.69, 9.17) is 16.7 Å². The molecule has 0 saturated carbocycles. The van der Waals surface area contributed by atoms with E-state index in [1.54, 1.807) is 0 Å². The molecule has 0 saturated heterocycles. The van der Waals surface area contributed by atoms with Gasteiger partial charge in [0.1, 0.15) is 11.0 Å². The number of aromatic carboxylic acids is 1. The fourth-order valence-corrected chi connectivity index (χ4v) is 2.07. The zero-order valence-corrected chi connectivity index (χ0v) is 10.8. The molecule has 1 aromatic carbocycles. The Morgan fingerprint density at radius 1 is 1.24 bits per heavy atom. The Kier molecular flexibility index (Phi) is 3.87. The summed E-state index contributed by atoms with van der Waals surface area (Å²) < 4.78 is 52.4. The molecule has 21 heavy (non-hydrogen) atoms. The number of rotatable bonds is 2. The van der Waals surface area contributed by atoms with Crippen LogP contribution in [0.2, 0.25) is 5.15 Å². The van der Waals surface area contributed by atoms with Crippen LogP contribution in [0.4, 0.5) is 17.6 Å². The van der Waals surface area contributed by atoms with Gasteiger partial charge in [-0.1, -0.05) is 11.6 Å². The minimum absolute atomic E-state index is 0.308. The van der Waals surface area contributed by atoms with Gasteiger partial charge < -0.3 is 5.11 Å². The number of pyridine rings is 1. The Balaban J connectivity index is 2.76. The zero-order valence-electron chi connectivity index (χ0n) is 10.1. The third-order valence-corrected chi connectivity index (χ3v) is 2.93. The quantitative estimate of drug-likeness (QED) is 0.664. The van der Waals surface area contributed by atoms with Gasteiger partial charge in [0.05, 0.1) is 11.1 Å². The third-order valence-electron chi connectivity index (χ3n) is 2.64. The lowest BCUT2D eigenvalue weighted by Crippen LogP contribution is -2.08. The summed E-state index contributed by atoms with van der Waals surface area (Å²) in [5.74, 6) is -2.46. The average Bonchev–Trinajstić information content (AvgIpc) is 2.36. The van der Waals surface area contributed by atoms with Crippen molar-refractivity contribution in [1.82, 2.24) is 4.98 Å². The van der Waals surface area contributed by atoms with Crippen LogP contribution >= 0.6 is 11.6 Å². The summed E-state index contributed by atoms with van der Waals surface area (Å²) in [6, 6.07) is 3.06. The van der Waals surface area contributed by atoms with E-state index in [-0.39, 0.29) is 5.56 Å². The van der Waals surface area contributed by atoms with E-state index >= 15 is 0 Å². The highest BCUT2D eigenvalue weighted by Crippen LogP contribution is 2.40. The number of alkyl halides is 3. The highest BCUT2D eigenvalue weighted by atomic mass is 35.5. The van der Waals surface area contributed by atoms with Crippen molar-refractivity contribution >= 4 is 17.6 Å². The fourth-order valence-electron chi connectivity index (χ4n) is 1.80. The van der Waals surface area contributed by atoms with Crippen LogP contribution in [-0.2, 0) is 6.18 Å². The fraction of sp³-hybridized carbons (Fsp3) is 0.0769. The standard InChI is InChI=1S/C13H6ClF4NO2/c14-11-10(9(1-2-19-11)13(16,17)18)6-3-7(12(20)21)5-8(15)4-6/h1-5H,(H,20,21). The molecule has 2 rings (SSSR count). The Morgan fingerprint density at radius 3 is 2.48 bits per heavy atom. The van der Waals surface area contributed by atoms with E-state index in [2.05, 4.69) is 4.98 Å². The van der Waals surface area contributed by atoms with Crippen LogP contribution in [0.3, 0.4) is 0 Å². The number of carbonyl (C=O) groups is 1. The molecule has 0 aliphatic heterocycles. The van der Waals surface area contributed by atoms with Crippen molar-refractivity contribution in [3.63, 3.8) is 0 Å². The molecule has 2 aromatic rings. The van der Waals surface area contributed by atoms with Crippen molar-refractivity contribution in [2.24, 2.45) is 0 Å². The zero-order chi connectivity index (χ0) is 15.8. The minimum Gasteiger partial charge on any atom is -0.478 e. The van der Waals surface area contributed by atoms with E-state index in [1.807, 2.05) is 0 Å². The predicted octanol–water partition coefficient (Wildman–Crippen LogP) is 4.26. The van der Waals surface area contributed by atoms with Gasteiger partial charge in [0.25, 0.3) is 0 Å². The number of carboxylic acid groups (broad SMARTS) is 1. The molecule has 3 nitrogen and oxygen atoms in total. The number of carboxylic acids is 1. The number of halogens is 5. The first-order chi connectivity index (χ1) is 9.70. The van der Waals surface area contributed by atoms with Crippen LogP contribution in [0, 0.1) is 5.82 Å². The van der Waals surface area contributed by atoms with E-state index in [0.717, 1.165) is 18.3 Å². The largest absolute Gasteiger partial charge is 0.478 e. The van der Waals surface area contributed by atoms with Gasteiger partial charge in [-0.05, 0) is 29.8 Å². The molecule has 110 valence electrons. The number of nitrogens with zero attached hydrogens (tertiary/aromatic N) is 1. The van der Waals surface area contributed by atoms with Gasteiger partial charge in [0.15, 0.2) is 0 Å². The Bertz CT molecular complexity index is 716. The Labute approximate surface area is 120 Å². The van der Waals surface area contributed by atoms with Gasteiger partial charge in [-0.3, -0.25) is 0 Å². The smallest absolute Gasteiger partial charge is 0.417 e. The first-order valence-electron chi connectivity index (χ1n) is 5.46. The molecule has 8 heteroatoms. The first kappa shape index (κ1) is 15.2. The van der Waals surface area contributed by atoms with Crippen LogP contribution in [0.15, 0.2) is 30.5 Å². The Hall–Kier alpha value is -2.15. The van der Waals surface area contributed by atoms with Crippen LogP contribution < -0.4 is 0 Å². The second-order valence-electron chi connectivity index (χ2n) is 4.06. The van der Waals surface area contributed by atoms with Gasteiger partial charge in [0, 0.05) is 11.8 Å². The summed E-state index contributed by atoms with van der Waals surface area (Å²) in [5, 5.41) is 8.35. The second-order valence-corrected chi connectivity index (χ2v) is 4.41. The summed E-state index contributed by atoms with van der Waals surface area (Å²) >= 11 is 5.67. The molecule has 1 N–H and O–H groups in total. The lowest BCUT2D eigenvalue weighted by atomic mass is 9.99. The first-order valence-corrected chi connectivity index (χ1v) is 5.84. The number of aromatic nitrogens is 1. The monoisotopic (exact) mass is 319 g/mol.